The summed E-state index contributed by atoms with van der Waals surface area (Å²) in [5.74, 6) is 2.16. The molecule has 0 spiro atoms. The van der Waals surface area contributed by atoms with Gasteiger partial charge in [-0.1, -0.05) is 12.1 Å². The fourth-order valence-corrected chi connectivity index (χ4v) is 5.52. The molecular formula is C23H26N6O2. The lowest BCUT2D eigenvalue weighted by atomic mass is 9.94. The van der Waals surface area contributed by atoms with E-state index < -0.39 is 12.2 Å². The van der Waals surface area contributed by atoms with Gasteiger partial charge in [-0.25, -0.2) is 15.0 Å². The van der Waals surface area contributed by atoms with E-state index in [0.717, 1.165) is 36.2 Å². The van der Waals surface area contributed by atoms with Crippen LogP contribution in [0.4, 0.5) is 11.5 Å². The highest BCUT2D eigenvalue weighted by Gasteiger charge is 2.45. The minimum atomic E-state index is -0.850. The van der Waals surface area contributed by atoms with Crippen molar-refractivity contribution in [3.05, 3.63) is 47.9 Å². The van der Waals surface area contributed by atoms with Crippen LogP contribution < -0.4 is 11.5 Å². The Morgan fingerprint density at radius 2 is 1.90 bits per heavy atom. The van der Waals surface area contributed by atoms with Crippen LogP contribution in [0.3, 0.4) is 0 Å². The van der Waals surface area contributed by atoms with Crippen LogP contribution in [-0.4, -0.2) is 42.8 Å². The molecule has 0 saturated heterocycles. The number of aliphatic hydroxyl groups excluding tert-OH is 2. The lowest BCUT2D eigenvalue weighted by molar-refractivity contribution is 0.00545. The molecule has 3 aliphatic rings. The molecule has 31 heavy (non-hydrogen) atoms. The number of aliphatic hydroxyl groups is 2. The number of fused-ring (bicyclic) bond motifs is 4. The zero-order chi connectivity index (χ0) is 21.3. The topological polar surface area (TPSA) is 136 Å². The molecule has 1 aromatic carbocycles. The number of anilines is 1. The molecule has 6 rings (SSSR count). The Kier molecular flexibility index (Phi) is 4.10. The van der Waals surface area contributed by atoms with Gasteiger partial charge < -0.3 is 26.2 Å². The van der Waals surface area contributed by atoms with Crippen LogP contribution in [0.25, 0.3) is 11.0 Å². The van der Waals surface area contributed by atoms with E-state index in [4.69, 9.17) is 11.5 Å². The third kappa shape index (κ3) is 2.93. The summed E-state index contributed by atoms with van der Waals surface area (Å²) in [4.78, 5) is 13.0. The third-order valence-corrected chi connectivity index (χ3v) is 7.39. The summed E-state index contributed by atoms with van der Waals surface area (Å²) in [5, 5.41) is 22.3. The third-order valence-electron chi connectivity index (χ3n) is 7.39. The minimum absolute atomic E-state index is 0.00551. The number of rotatable bonds is 4. The predicted molar refractivity (Wildman–Crippen MR) is 118 cm³/mol. The minimum Gasteiger partial charge on any atom is -0.390 e. The van der Waals surface area contributed by atoms with Gasteiger partial charge in [-0.2, -0.15) is 0 Å². The van der Waals surface area contributed by atoms with Crippen molar-refractivity contribution in [2.45, 2.75) is 49.9 Å². The Morgan fingerprint density at radius 3 is 2.77 bits per heavy atom. The summed E-state index contributed by atoms with van der Waals surface area (Å²) in [7, 11) is 0. The van der Waals surface area contributed by atoms with Gasteiger partial charge in [0.1, 0.15) is 29.7 Å². The van der Waals surface area contributed by atoms with Crippen molar-refractivity contribution in [2.24, 2.45) is 22.6 Å². The molecule has 2 fully saturated rings. The Balaban J connectivity index is 1.19. The molecular weight excluding hydrogens is 392 g/mol. The van der Waals surface area contributed by atoms with E-state index in [9.17, 15) is 10.2 Å². The molecule has 2 saturated carbocycles. The molecule has 3 heterocycles. The van der Waals surface area contributed by atoms with Gasteiger partial charge in [-0.3, -0.25) is 0 Å². The van der Waals surface area contributed by atoms with Gasteiger partial charge in [0.15, 0.2) is 0 Å². The second-order valence-corrected chi connectivity index (χ2v) is 9.18. The Morgan fingerprint density at radius 1 is 1.03 bits per heavy atom. The molecule has 3 aromatic rings. The number of nitrogens with zero attached hydrogens (tertiary/aromatic N) is 4. The molecule has 8 heteroatoms. The van der Waals surface area contributed by atoms with Gasteiger partial charge in [0.2, 0.25) is 0 Å². The Hall–Kier alpha value is -2.97. The van der Waals surface area contributed by atoms with Crippen LogP contribution >= 0.6 is 0 Å². The number of benzene rings is 1. The lowest BCUT2D eigenvalue weighted by Gasteiger charge is -2.19. The molecule has 0 bridgehead atoms. The van der Waals surface area contributed by atoms with E-state index in [-0.39, 0.29) is 12.0 Å². The predicted octanol–water partition coefficient (Wildman–Crippen LogP) is 2.03. The summed E-state index contributed by atoms with van der Waals surface area (Å²) in [6, 6.07) is 8.10. The highest BCUT2D eigenvalue weighted by Crippen LogP contribution is 2.53. The second-order valence-electron chi connectivity index (χ2n) is 9.18. The molecule has 160 valence electrons. The lowest BCUT2D eigenvalue weighted by Crippen LogP contribution is -2.29. The van der Waals surface area contributed by atoms with Crippen LogP contribution in [0.15, 0.2) is 41.8 Å². The van der Waals surface area contributed by atoms with Crippen molar-refractivity contribution >= 4 is 28.4 Å². The number of nitrogens with two attached hydrogens (primary N) is 2. The number of hydrogen-bond acceptors (Lipinski definition) is 7. The molecule has 8 nitrogen and oxygen atoms in total. The number of aromatic nitrogens is 3. The van der Waals surface area contributed by atoms with E-state index in [1.807, 2.05) is 16.8 Å². The number of amidine groups is 1. The van der Waals surface area contributed by atoms with Gasteiger partial charge in [0.25, 0.3) is 0 Å². The SMILES string of the molecule is NC1=Nc2cc(CC[C@H]3C[C@@H](n4ccc5c(N)ncnc54)[C@H](O)[C@@H]3O)ccc2[C@@H]2CC12. The smallest absolute Gasteiger partial charge is 0.145 e. The maximum Gasteiger partial charge on any atom is 0.145 e. The molecule has 6 N–H and O–H groups in total. The highest BCUT2D eigenvalue weighted by atomic mass is 16.3. The standard InChI is InChI=1S/C23H26N6O2/c24-21-14-5-6-29(23(14)27-10-26-21)18-8-12(19(30)20(18)31)3-1-11-2-4-13-15-9-16(15)22(25)28-17(13)7-11/h2,4-7,10,12,15-16,18-20,30-31H,1,3,8-9H2,(H2,25,28)(H2,24,26,27)/t12-,15-,16?,18+,19+,20-/m0/s1. The number of hydrogen-bond donors (Lipinski definition) is 4. The zero-order valence-electron chi connectivity index (χ0n) is 17.1. The number of nitrogen functional groups attached to an aromatic ring is 1. The maximum atomic E-state index is 10.8. The average molecular weight is 419 g/mol. The summed E-state index contributed by atoms with van der Waals surface area (Å²) in [6.45, 7) is 0. The molecule has 2 aliphatic carbocycles. The van der Waals surface area contributed by atoms with Crippen molar-refractivity contribution in [3.8, 4) is 0 Å². The molecule has 6 atom stereocenters. The van der Waals surface area contributed by atoms with Crippen molar-refractivity contribution in [3.63, 3.8) is 0 Å². The van der Waals surface area contributed by atoms with Gasteiger partial charge in [0, 0.05) is 12.1 Å². The van der Waals surface area contributed by atoms with E-state index in [1.165, 1.54) is 17.5 Å². The van der Waals surface area contributed by atoms with E-state index in [1.54, 1.807) is 0 Å². The van der Waals surface area contributed by atoms with Crippen LogP contribution in [0.2, 0.25) is 0 Å². The van der Waals surface area contributed by atoms with Crippen LogP contribution in [0.5, 0.6) is 0 Å². The summed E-state index contributed by atoms with van der Waals surface area (Å²) in [6.07, 6.45) is 5.06. The van der Waals surface area contributed by atoms with E-state index in [2.05, 4.69) is 33.2 Å². The molecule has 2 aromatic heterocycles. The number of aryl methyl sites for hydroxylation is 1. The largest absolute Gasteiger partial charge is 0.390 e. The Bertz CT molecular complexity index is 1200. The van der Waals surface area contributed by atoms with Crippen molar-refractivity contribution < 1.29 is 10.2 Å². The zero-order valence-corrected chi connectivity index (χ0v) is 17.1. The number of aliphatic imine (C=N–C) groups is 1. The van der Waals surface area contributed by atoms with Gasteiger partial charge in [-0.15, -0.1) is 0 Å². The first-order chi connectivity index (χ1) is 15.0. The fourth-order valence-electron chi connectivity index (χ4n) is 5.52. The van der Waals surface area contributed by atoms with Crippen LogP contribution in [0.1, 0.15) is 42.3 Å². The molecule has 0 amide bonds. The normalized spacial score (nSPS) is 31.4. The first-order valence-corrected chi connectivity index (χ1v) is 10.9. The second kappa shape index (κ2) is 6.77. The van der Waals surface area contributed by atoms with E-state index in [0.29, 0.717) is 29.7 Å². The summed E-state index contributed by atoms with van der Waals surface area (Å²) in [5.41, 5.74) is 16.2. The summed E-state index contributed by atoms with van der Waals surface area (Å²) >= 11 is 0. The monoisotopic (exact) mass is 418 g/mol. The highest BCUT2D eigenvalue weighted by molar-refractivity contribution is 5.92. The van der Waals surface area contributed by atoms with Crippen molar-refractivity contribution in [1.29, 1.82) is 0 Å². The average Bonchev–Trinajstić information content (AvgIpc) is 3.39. The van der Waals surface area contributed by atoms with Gasteiger partial charge in [-0.05, 0) is 60.8 Å². The van der Waals surface area contributed by atoms with Gasteiger partial charge in [0.05, 0.1) is 23.2 Å². The van der Waals surface area contributed by atoms with Crippen molar-refractivity contribution in [1.82, 2.24) is 14.5 Å². The molecule has 1 aliphatic heterocycles. The maximum absolute atomic E-state index is 10.8. The molecule has 1 unspecified atom stereocenters. The molecule has 0 radical (unpaired) electrons. The first-order valence-electron chi connectivity index (χ1n) is 10.9. The van der Waals surface area contributed by atoms with Crippen LogP contribution in [-0.2, 0) is 6.42 Å². The fraction of sp³-hybridized carbons (Fsp3) is 0.435. The van der Waals surface area contributed by atoms with Gasteiger partial charge >= 0.3 is 0 Å². The van der Waals surface area contributed by atoms with E-state index >= 15 is 0 Å². The first kappa shape index (κ1) is 18.8. The Labute approximate surface area is 179 Å². The van der Waals surface area contributed by atoms with Crippen molar-refractivity contribution in [2.75, 3.05) is 5.73 Å². The van der Waals surface area contributed by atoms with Crippen LogP contribution in [0, 0.1) is 11.8 Å². The summed E-state index contributed by atoms with van der Waals surface area (Å²) < 4.78 is 1.92. The quantitative estimate of drug-likeness (QED) is 0.512.